The molecule has 0 saturated carbocycles. The van der Waals surface area contributed by atoms with Crippen LogP contribution in [0, 0.1) is 13.8 Å². The van der Waals surface area contributed by atoms with E-state index in [9.17, 15) is 9.59 Å². The number of hydrogen-bond donors (Lipinski definition) is 3. The van der Waals surface area contributed by atoms with Crippen LogP contribution in [-0.2, 0) is 17.9 Å². The van der Waals surface area contributed by atoms with Crippen molar-refractivity contribution in [1.82, 2.24) is 16.2 Å². The summed E-state index contributed by atoms with van der Waals surface area (Å²) in [6, 6.07) is 8.82. The van der Waals surface area contributed by atoms with Crippen LogP contribution in [0.15, 0.2) is 34.7 Å². The smallest absolute Gasteiger partial charge is 0.333 e. The van der Waals surface area contributed by atoms with E-state index in [1.54, 1.807) is 19.9 Å². The first-order valence-electron chi connectivity index (χ1n) is 8.07. The van der Waals surface area contributed by atoms with E-state index >= 15 is 0 Å². The monoisotopic (exact) mass is 345 g/mol. The van der Waals surface area contributed by atoms with Crippen LogP contribution in [-0.4, -0.2) is 18.5 Å². The first kappa shape index (κ1) is 18.5. The maximum Gasteiger partial charge on any atom is 0.333 e. The molecule has 0 saturated heterocycles. The van der Waals surface area contributed by atoms with Gasteiger partial charge in [0.25, 0.3) is 5.91 Å². The summed E-state index contributed by atoms with van der Waals surface area (Å²) < 4.78 is 10.7. The fourth-order valence-electron chi connectivity index (χ4n) is 2.34. The largest absolute Gasteiger partial charge is 0.466 e. The quantitative estimate of drug-likeness (QED) is 0.702. The first-order chi connectivity index (χ1) is 12.0. The van der Waals surface area contributed by atoms with Gasteiger partial charge in [-0.3, -0.25) is 10.2 Å². The van der Waals surface area contributed by atoms with Crippen LogP contribution in [0.2, 0.25) is 0 Å². The fraction of sp³-hybridized carbons (Fsp3) is 0.333. The highest BCUT2D eigenvalue weighted by atomic mass is 16.5. The summed E-state index contributed by atoms with van der Waals surface area (Å²) in [7, 11) is 0. The van der Waals surface area contributed by atoms with E-state index in [0.29, 0.717) is 36.8 Å². The Labute approximate surface area is 146 Å². The molecule has 0 radical (unpaired) electrons. The Morgan fingerprint density at radius 3 is 2.48 bits per heavy atom. The van der Waals surface area contributed by atoms with E-state index in [4.69, 9.17) is 9.15 Å². The van der Waals surface area contributed by atoms with Crippen molar-refractivity contribution in [3.05, 3.63) is 58.5 Å². The lowest BCUT2D eigenvalue weighted by atomic mass is 10.1. The van der Waals surface area contributed by atoms with Crippen molar-refractivity contribution in [2.75, 3.05) is 6.61 Å². The van der Waals surface area contributed by atoms with E-state index in [1.807, 2.05) is 31.2 Å². The zero-order chi connectivity index (χ0) is 18.2. The summed E-state index contributed by atoms with van der Waals surface area (Å²) >= 11 is 0. The number of ether oxygens (including phenoxy) is 1. The number of urea groups is 1. The third-order valence-electron chi connectivity index (χ3n) is 3.59. The Morgan fingerprint density at radius 1 is 1.12 bits per heavy atom. The van der Waals surface area contributed by atoms with Gasteiger partial charge < -0.3 is 14.5 Å². The fourth-order valence-corrected chi connectivity index (χ4v) is 2.34. The molecule has 0 spiro atoms. The van der Waals surface area contributed by atoms with Crippen molar-refractivity contribution in [1.29, 1.82) is 0 Å². The summed E-state index contributed by atoms with van der Waals surface area (Å²) in [6.07, 6.45) is 0. The normalized spacial score (nSPS) is 10.4. The van der Waals surface area contributed by atoms with Crippen molar-refractivity contribution in [3.8, 4) is 0 Å². The number of carbonyl (C=O) groups is 2. The van der Waals surface area contributed by atoms with Gasteiger partial charge in [-0.1, -0.05) is 24.3 Å². The van der Waals surface area contributed by atoms with Gasteiger partial charge in [0.15, 0.2) is 0 Å². The SMILES string of the molecule is CCOCc1ccccc1CNC(=O)NNC(=O)c1cc(C)oc1C. The average Bonchev–Trinajstić information content (AvgIpc) is 2.95. The molecule has 0 fully saturated rings. The summed E-state index contributed by atoms with van der Waals surface area (Å²) in [5.74, 6) is 0.710. The molecule has 7 heteroatoms. The number of aryl methyl sites for hydroxylation is 2. The highest BCUT2D eigenvalue weighted by Crippen LogP contribution is 2.13. The third kappa shape index (κ3) is 5.36. The van der Waals surface area contributed by atoms with Gasteiger partial charge in [-0.2, -0.15) is 0 Å². The molecule has 3 amide bonds. The molecule has 25 heavy (non-hydrogen) atoms. The van der Waals surface area contributed by atoms with Gasteiger partial charge in [0.2, 0.25) is 0 Å². The molecule has 2 rings (SSSR count). The molecule has 1 heterocycles. The number of furan rings is 1. The van der Waals surface area contributed by atoms with Gasteiger partial charge in [0, 0.05) is 13.2 Å². The Balaban J connectivity index is 1.83. The van der Waals surface area contributed by atoms with Crippen LogP contribution in [0.3, 0.4) is 0 Å². The number of amides is 3. The predicted octanol–water partition coefficient (Wildman–Crippen LogP) is 2.58. The van der Waals surface area contributed by atoms with Crippen LogP contribution in [0.5, 0.6) is 0 Å². The lowest BCUT2D eigenvalue weighted by Crippen LogP contribution is -2.46. The van der Waals surface area contributed by atoms with Crippen molar-refractivity contribution >= 4 is 11.9 Å². The molecule has 0 aliphatic heterocycles. The number of nitrogens with one attached hydrogen (secondary N) is 3. The summed E-state index contributed by atoms with van der Waals surface area (Å²) in [5.41, 5.74) is 7.04. The minimum absolute atomic E-state index is 0.328. The lowest BCUT2D eigenvalue weighted by molar-refractivity contribution is 0.0934. The maximum absolute atomic E-state index is 12.0. The van der Waals surface area contributed by atoms with Gasteiger partial charge >= 0.3 is 6.03 Å². The molecule has 0 aliphatic rings. The number of carbonyl (C=O) groups excluding carboxylic acids is 2. The molecule has 1 aromatic heterocycles. The molecular weight excluding hydrogens is 322 g/mol. The molecular formula is C18H23N3O4. The number of benzene rings is 1. The van der Waals surface area contributed by atoms with Gasteiger partial charge in [-0.15, -0.1) is 0 Å². The van der Waals surface area contributed by atoms with E-state index < -0.39 is 11.9 Å². The Kier molecular flexibility index (Phi) is 6.59. The van der Waals surface area contributed by atoms with Crippen LogP contribution in [0.1, 0.15) is 39.9 Å². The van der Waals surface area contributed by atoms with Gasteiger partial charge in [0.1, 0.15) is 11.5 Å². The summed E-state index contributed by atoms with van der Waals surface area (Å²) in [5, 5.41) is 2.70. The van der Waals surface area contributed by atoms with Gasteiger partial charge in [0.05, 0.1) is 12.2 Å². The molecule has 0 atom stereocenters. The second-order valence-electron chi connectivity index (χ2n) is 5.49. The van der Waals surface area contributed by atoms with Crippen molar-refractivity contribution in [3.63, 3.8) is 0 Å². The molecule has 0 unspecified atom stereocenters. The molecule has 2 aromatic rings. The minimum Gasteiger partial charge on any atom is -0.466 e. The first-order valence-corrected chi connectivity index (χ1v) is 8.07. The van der Waals surface area contributed by atoms with Crippen molar-refractivity contribution in [2.24, 2.45) is 0 Å². The summed E-state index contributed by atoms with van der Waals surface area (Å²) in [4.78, 5) is 23.9. The van der Waals surface area contributed by atoms with Gasteiger partial charge in [-0.25, -0.2) is 10.2 Å². The highest BCUT2D eigenvalue weighted by Gasteiger charge is 2.14. The molecule has 134 valence electrons. The number of hydrogen-bond acceptors (Lipinski definition) is 4. The molecule has 1 aromatic carbocycles. The van der Waals surface area contributed by atoms with Crippen LogP contribution >= 0.6 is 0 Å². The second kappa shape index (κ2) is 8.89. The third-order valence-corrected chi connectivity index (χ3v) is 3.59. The van der Waals surface area contributed by atoms with Crippen LogP contribution < -0.4 is 16.2 Å². The minimum atomic E-state index is -0.502. The Hall–Kier alpha value is -2.80. The molecule has 0 aliphatic carbocycles. The highest BCUT2D eigenvalue weighted by molar-refractivity contribution is 5.96. The zero-order valence-corrected chi connectivity index (χ0v) is 14.6. The predicted molar refractivity (Wildman–Crippen MR) is 92.8 cm³/mol. The van der Waals surface area contributed by atoms with Crippen LogP contribution in [0.25, 0.3) is 0 Å². The zero-order valence-electron chi connectivity index (χ0n) is 14.6. The molecule has 0 bridgehead atoms. The number of hydrazine groups is 1. The average molecular weight is 345 g/mol. The topological polar surface area (TPSA) is 92.6 Å². The van der Waals surface area contributed by atoms with Gasteiger partial charge in [-0.05, 0) is 38.0 Å². The summed E-state index contributed by atoms with van der Waals surface area (Å²) in [6.45, 7) is 6.82. The molecule has 7 nitrogen and oxygen atoms in total. The van der Waals surface area contributed by atoms with Crippen LogP contribution in [0.4, 0.5) is 4.79 Å². The Morgan fingerprint density at radius 2 is 1.84 bits per heavy atom. The second-order valence-corrected chi connectivity index (χ2v) is 5.49. The van der Waals surface area contributed by atoms with Crippen molar-refractivity contribution < 1.29 is 18.7 Å². The maximum atomic E-state index is 12.0. The number of rotatable bonds is 6. The molecule has 3 N–H and O–H groups in total. The van der Waals surface area contributed by atoms with E-state index in [-0.39, 0.29) is 0 Å². The Bertz CT molecular complexity index is 740. The lowest BCUT2D eigenvalue weighted by Gasteiger charge is -2.12. The standard InChI is InChI=1S/C18H23N3O4/c1-4-24-11-15-8-6-5-7-14(15)10-19-18(23)21-20-17(22)16-9-12(2)25-13(16)3/h5-9H,4,10-11H2,1-3H3,(H,20,22)(H2,19,21,23). The van der Waals surface area contributed by atoms with E-state index in [2.05, 4.69) is 16.2 Å². The van der Waals surface area contributed by atoms with Crippen molar-refractivity contribution in [2.45, 2.75) is 33.9 Å². The van der Waals surface area contributed by atoms with E-state index in [0.717, 1.165) is 11.1 Å². The van der Waals surface area contributed by atoms with E-state index in [1.165, 1.54) is 0 Å².